The molecule has 0 bridgehead atoms. The number of fused-ring (bicyclic) bond motifs is 2. The summed E-state index contributed by atoms with van der Waals surface area (Å²) in [6.45, 7) is 0. The van der Waals surface area contributed by atoms with Crippen molar-refractivity contribution in [2.45, 2.75) is 12.5 Å². The minimum atomic E-state index is -0.757. The lowest BCUT2D eigenvalue weighted by atomic mass is 10.0. The molecule has 0 aliphatic carbocycles. The van der Waals surface area contributed by atoms with Crippen LogP contribution in [-0.2, 0) is 16.0 Å². The Kier molecular flexibility index (Phi) is 4.64. The van der Waals surface area contributed by atoms with Gasteiger partial charge in [-0.15, -0.1) is 11.3 Å². The van der Waals surface area contributed by atoms with Gasteiger partial charge < -0.3 is 15.0 Å². The van der Waals surface area contributed by atoms with Crippen LogP contribution in [0.15, 0.2) is 60.8 Å². The van der Waals surface area contributed by atoms with E-state index in [1.165, 1.54) is 18.4 Å². The summed E-state index contributed by atoms with van der Waals surface area (Å²) in [5.74, 6) is -0.735. The number of thiophene rings is 1. The maximum atomic E-state index is 12.7. The second-order valence-corrected chi connectivity index (χ2v) is 7.35. The van der Waals surface area contributed by atoms with Crippen LogP contribution < -0.4 is 5.32 Å². The van der Waals surface area contributed by atoms with Crippen LogP contribution in [0.2, 0.25) is 0 Å². The molecule has 0 saturated carbocycles. The van der Waals surface area contributed by atoms with Gasteiger partial charge in [0.05, 0.1) is 12.0 Å². The Balaban J connectivity index is 1.58. The fraction of sp³-hybridized carbons (Fsp3) is 0.143. The number of hydrogen-bond acceptors (Lipinski definition) is 4. The molecular weight excluding hydrogens is 360 g/mol. The fourth-order valence-electron chi connectivity index (χ4n) is 3.18. The highest BCUT2D eigenvalue weighted by Crippen LogP contribution is 2.25. The standard InChI is InChI=1S/C21H18N2O3S/c1-26-21(25)17(10-14-12-22-16-8-4-3-7-15(14)16)23-20(24)19-11-13-6-2-5-9-18(13)27-19/h2-9,11-12,17,22H,10H2,1H3,(H,23,24). The van der Waals surface area contributed by atoms with Crippen LogP contribution in [0.1, 0.15) is 15.2 Å². The summed E-state index contributed by atoms with van der Waals surface area (Å²) in [6, 6.07) is 16.8. The predicted molar refractivity (Wildman–Crippen MR) is 107 cm³/mol. The van der Waals surface area contributed by atoms with Crippen molar-refractivity contribution >= 4 is 44.2 Å². The highest BCUT2D eigenvalue weighted by molar-refractivity contribution is 7.20. The molecular formula is C21H18N2O3S. The van der Waals surface area contributed by atoms with E-state index in [9.17, 15) is 9.59 Å². The van der Waals surface area contributed by atoms with Gasteiger partial charge in [0.1, 0.15) is 6.04 Å². The van der Waals surface area contributed by atoms with Crippen molar-refractivity contribution in [1.82, 2.24) is 10.3 Å². The Morgan fingerprint density at radius 3 is 2.74 bits per heavy atom. The highest BCUT2D eigenvalue weighted by atomic mass is 32.1. The van der Waals surface area contributed by atoms with E-state index in [1.54, 1.807) is 0 Å². The maximum absolute atomic E-state index is 12.7. The number of benzene rings is 2. The van der Waals surface area contributed by atoms with Gasteiger partial charge in [-0.2, -0.15) is 0 Å². The molecule has 5 nitrogen and oxygen atoms in total. The molecule has 0 spiro atoms. The molecule has 136 valence electrons. The lowest BCUT2D eigenvalue weighted by molar-refractivity contribution is -0.142. The van der Waals surface area contributed by atoms with E-state index >= 15 is 0 Å². The van der Waals surface area contributed by atoms with Gasteiger partial charge in [-0.05, 0) is 29.1 Å². The summed E-state index contributed by atoms with van der Waals surface area (Å²) in [6.07, 6.45) is 2.22. The first-order valence-corrected chi connectivity index (χ1v) is 9.39. The van der Waals surface area contributed by atoms with Gasteiger partial charge >= 0.3 is 5.97 Å². The molecule has 0 fully saturated rings. The number of para-hydroxylation sites is 1. The van der Waals surface area contributed by atoms with Gasteiger partial charge in [-0.1, -0.05) is 36.4 Å². The first kappa shape index (κ1) is 17.3. The Morgan fingerprint density at radius 2 is 1.93 bits per heavy atom. The molecule has 2 heterocycles. The molecule has 2 aromatic heterocycles. The van der Waals surface area contributed by atoms with E-state index in [0.29, 0.717) is 11.3 Å². The van der Waals surface area contributed by atoms with E-state index in [4.69, 9.17) is 4.74 Å². The van der Waals surface area contributed by atoms with Crippen molar-refractivity contribution < 1.29 is 14.3 Å². The molecule has 1 unspecified atom stereocenters. The number of carbonyl (C=O) groups is 2. The van der Waals surface area contributed by atoms with Crippen molar-refractivity contribution in [3.05, 3.63) is 71.2 Å². The van der Waals surface area contributed by atoms with Gasteiger partial charge in [0.2, 0.25) is 0 Å². The Bertz CT molecular complexity index is 1100. The Labute approximate surface area is 160 Å². The number of aromatic nitrogens is 1. The maximum Gasteiger partial charge on any atom is 0.328 e. The SMILES string of the molecule is COC(=O)C(Cc1c[nH]c2ccccc12)NC(=O)c1cc2ccccc2s1. The highest BCUT2D eigenvalue weighted by Gasteiger charge is 2.24. The van der Waals surface area contributed by atoms with Crippen LogP contribution in [-0.4, -0.2) is 30.0 Å². The molecule has 0 aliphatic heterocycles. The molecule has 0 aliphatic rings. The molecule has 2 N–H and O–H groups in total. The molecule has 0 saturated heterocycles. The molecule has 1 atom stereocenters. The smallest absolute Gasteiger partial charge is 0.328 e. The summed E-state index contributed by atoms with van der Waals surface area (Å²) in [7, 11) is 1.33. The third-order valence-electron chi connectivity index (χ3n) is 4.54. The number of methoxy groups -OCH3 is 1. The third-order valence-corrected chi connectivity index (χ3v) is 5.65. The van der Waals surface area contributed by atoms with Crippen LogP contribution in [0.25, 0.3) is 21.0 Å². The van der Waals surface area contributed by atoms with Gasteiger partial charge in [-0.25, -0.2) is 4.79 Å². The van der Waals surface area contributed by atoms with Crippen LogP contribution in [0, 0.1) is 0 Å². The number of amides is 1. The van der Waals surface area contributed by atoms with Crippen molar-refractivity contribution in [3.8, 4) is 0 Å². The largest absolute Gasteiger partial charge is 0.467 e. The zero-order chi connectivity index (χ0) is 18.8. The minimum absolute atomic E-state index is 0.272. The molecule has 27 heavy (non-hydrogen) atoms. The first-order chi connectivity index (χ1) is 13.2. The summed E-state index contributed by atoms with van der Waals surface area (Å²) in [5.41, 5.74) is 1.95. The second-order valence-electron chi connectivity index (χ2n) is 6.26. The van der Waals surface area contributed by atoms with Crippen LogP contribution >= 0.6 is 11.3 Å². The van der Waals surface area contributed by atoms with E-state index in [2.05, 4.69) is 10.3 Å². The number of ether oxygens (including phenoxy) is 1. The molecule has 2 aromatic carbocycles. The molecule has 4 aromatic rings. The number of aromatic amines is 1. The zero-order valence-electron chi connectivity index (χ0n) is 14.7. The van der Waals surface area contributed by atoms with Gasteiger partial charge in [0.15, 0.2) is 0 Å². The van der Waals surface area contributed by atoms with Gasteiger partial charge in [0, 0.05) is 28.2 Å². The van der Waals surface area contributed by atoms with E-state index in [1.807, 2.05) is 60.8 Å². The first-order valence-electron chi connectivity index (χ1n) is 8.58. The second kappa shape index (κ2) is 7.25. The zero-order valence-corrected chi connectivity index (χ0v) is 15.5. The summed E-state index contributed by atoms with van der Waals surface area (Å²) < 4.78 is 5.94. The normalized spacial score (nSPS) is 12.2. The number of hydrogen-bond donors (Lipinski definition) is 2. The van der Waals surface area contributed by atoms with Crippen LogP contribution in [0.4, 0.5) is 0 Å². The molecule has 6 heteroatoms. The topological polar surface area (TPSA) is 71.2 Å². The average Bonchev–Trinajstić information content (AvgIpc) is 3.31. The van der Waals surface area contributed by atoms with Gasteiger partial charge in [-0.3, -0.25) is 4.79 Å². The van der Waals surface area contributed by atoms with Crippen LogP contribution in [0.5, 0.6) is 0 Å². The monoisotopic (exact) mass is 378 g/mol. The summed E-state index contributed by atoms with van der Waals surface area (Å²) in [4.78, 5) is 28.8. The fourth-order valence-corrected chi connectivity index (χ4v) is 4.14. The quantitative estimate of drug-likeness (QED) is 0.518. The Hall–Kier alpha value is -3.12. The lowest BCUT2D eigenvalue weighted by Crippen LogP contribution is -2.42. The van der Waals surface area contributed by atoms with Crippen molar-refractivity contribution in [2.75, 3.05) is 7.11 Å². The third kappa shape index (κ3) is 3.44. The number of rotatable bonds is 5. The summed E-state index contributed by atoms with van der Waals surface area (Å²) in [5, 5.41) is 4.87. The molecule has 1 amide bonds. The van der Waals surface area contributed by atoms with E-state index in [0.717, 1.165) is 26.6 Å². The predicted octanol–water partition coefficient (Wildman–Crippen LogP) is 3.90. The van der Waals surface area contributed by atoms with Crippen molar-refractivity contribution in [2.24, 2.45) is 0 Å². The average molecular weight is 378 g/mol. The minimum Gasteiger partial charge on any atom is -0.467 e. The molecule has 4 rings (SSSR count). The number of carbonyl (C=O) groups excluding carboxylic acids is 2. The number of nitrogens with one attached hydrogen (secondary N) is 2. The van der Waals surface area contributed by atoms with Gasteiger partial charge in [0.25, 0.3) is 5.91 Å². The van der Waals surface area contributed by atoms with Crippen molar-refractivity contribution in [3.63, 3.8) is 0 Å². The molecule has 0 radical (unpaired) electrons. The van der Waals surface area contributed by atoms with Crippen molar-refractivity contribution in [1.29, 1.82) is 0 Å². The van der Waals surface area contributed by atoms with Crippen LogP contribution in [0.3, 0.4) is 0 Å². The van der Waals surface area contributed by atoms with E-state index < -0.39 is 12.0 Å². The summed E-state index contributed by atoms with van der Waals surface area (Å²) >= 11 is 1.41. The number of esters is 1. The van der Waals surface area contributed by atoms with E-state index in [-0.39, 0.29) is 5.91 Å². The number of H-pyrrole nitrogens is 1. The lowest BCUT2D eigenvalue weighted by Gasteiger charge is -2.15. The Morgan fingerprint density at radius 1 is 1.15 bits per heavy atom.